The van der Waals surface area contributed by atoms with Gasteiger partial charge in [-0.05, 0) is 37.4 Å². The fraction of sp³-hybridized carbons (Fsp3) is 0.0526. The fourth-order valence-electron chi connectivity index (χ4n) is 2.59. The van der Waals surface area contributed by atoms with Gasteiger partial charge in [0, 0.05) is 61.6 Å². The zero-order valence-electron chi connectivity index (χ0n) is 13.3. The van der Waals surface area contributed by atoms with Gasteiger partial charge in [-0.25, -0.2) is 0 Å². The summed E-state index contributed by atoms with van der Waals surface area (Å²) >= 11 is 0. The Morgan fingerprint density at radius 2 is 1.75 bits per heavy atom. The third-order valence-corrected chi connectivity index (χ3v) is 3.75. The largest absolute Gasteiger partial charge is 0.356 e. The van der Waals surface area contributed by atoms with E-state index in [1.54, 1.807) is 6.20 Å². The number of nitrogens with one attached hydrogen (secondary N) is 1. The average Bonchev–Trinajstić information content (AvgIpc) is 3.02. The Bertz CT molecular complexity index is 963. The van der Waals surface area contributed by atoms with Gasteiger partial charge in [0.05, 0.1) is 0 Å². The van der Waals surface area contributed by atoms with E-state index < -0.39 is 0 Å². The molecule has 0 fully saturated rings. The summed E-state index contributed by atoms with van der Waals surface area (Å²) in [5.41, 5.74) is 5.89. The molecule has 2 aromatic heterocycles. The van der Waals surface area contributed by atoms with Crippen LogP contribution in [0.15, 0.2) is 66.9 Å². The summed E-state index contributed by atoms with van der Waals surface area (Å²) in [7, 11) is 0. The minimum absolute atomic E-state index is 0. The second kappa shape index (κ2) is 7.24. The van der Waals surface area contributed by atoms with E-state index in [9.17, 15) is 0 Å². The molecule has 0 amide bonds. The standard InChI is InChI=1S/C19H15N4.Y/c1-14-10-11-20-19-18(13-21-23(14)19)15-6-5-9-17(12-15)22-16-7-3-2-4-8-16;/h2-12,22H,1H3;/q-1;. The minimum Gasteiger partial charge on any atom is -0.356 e. The molecular weight excluding hydrogens is 373 g/mol. The molecule has 0 saturated carbocycles. The van der Waals surface area contributed by atoms with Gasteiger partial charge in [-0.15, -0.1) is 17.2 Å². The van der Waals surface area contributed by atoms with Crippen LogP contribution in [0.25, 0.3) is 16.8 Å². The summed E-state index contributed by atoms with van der Waals surface area (Å²) in [5, 5.41) is 7.72. The van der Waals surface area contributed by atoms with Gasteiger partial charge in [-0.1, -0.05) is 30.3 Å². The molecule has 2 heterocycles. The molecule has 24 heavy (non-hydrogen) atoms. The van der Waals surface area contributed by atoms with Gasteiger partial charge in [0.25, 0.3) is 0 Å². The molecule has 2 aromatic carbocycles. The monoisotopic (exact) mass is 388 g/mol. The molecule has 0 aliphatic heterocycles. The van der Waals surface area contributed by atoms with Crippen molar-refractivity contribution in [1.82, 2.24) is 14.6 Å². The van der Waals surface area contributed by atoms with Crippen LogP contribution in [0.3, 0.4) is 0 Å². The smallest absolute Gasteiger partial charge is 0.0499 e. The first-order valence-electron chi connectivity index (χ1n) is 7.46. The van der Waals surface area contributed by atoms with E-state index in [2.05, 4.69) is 27.7 Å². The third kappa shape index (κ3) is 3.26. The van der Waals surface area contributed by atoms with Gasteiger partial charge in [-0.3, -0.25) is 9.61 Å². The first-order chi connectivity index (χ1) is 11.3. The number of aryl methyl sites for hydroxylation is 1. The summed E-state index contributed by atoms with van der Waals surface area (Å²) in [5.74, 6) is 0. The molecule has 4 nitrogen and oxygen atoms in total. The van der Waals surface area contributed by atoms with Crippen LogP contribution >= 0.6 is 0 Å². The predicted molar refractivity (Wildman–Crippen MR) is 91.7 cm³/mol. The number of hydrogen-bond donors (Lipinski definition) is 1. The SMILES string of the molecule is Cc1ccnc2c(-c3cccc(Nc4ccccc4)c3)[c-]nn12.[Y]. The van der Waals surface area contributed by atoms with Crippen molar-refractivity contribution in [1.29, 1.82) is 0 Å². The minimum atomic E-state index is 0. The number of anilines is 2. The van der Waals surface area contributed by atoms with Crippen LogP contribution in [-0.2, 0) is 32.7 Å². The molecule has 0 bridgehead atoms. The van der Waals surface area contributed by atoms with E-state index in [4.69, 9.17) is 0 Å². The van der Waals surface area contributed by atoms with E-state index in [0.29, 0.717) is 0 Å². The molecule has 1 N–H and O–H groups in total. The van der Waals surface area contributed by atoms with E-state index in [-0.39, 0.29) is 32.7 Å². The van der Waals surface area contributed by atoms with Crippen LogP contribution in [0.5, 0.6) is 0 Å². The molecule has 0 spiro atoms. The van der Waals surface area contributed by atoms with Gasteiger partial charge in [0.15, 0.2) is 0 Å². The number of rotatable bonds is 3. The molecule has 0 aliphatic rings. The Kier molecular flexibility index (Phi) is 5.07. The number of nitrogens with zero attached hydrogens (tertiary/aromatic N) is 3. The predicted octanol–water partition coefficient (Wildman–Crippen LogP) is 4.25. The van der Waals surface area contributed by atoms with Crippen molar-refractivity contribution < 1.29 is 32.7 Å². The Balaban J connectivity index is 0.00000169. The first-order valence-corrected chi connectivity index (χ1v) is 7.46. The second-order valence-corrected chi connectivity index (χ2v) is 5.38. The fourth-order valence-corrected chi connectivity index (χ4v) is 2.59. The Morgan fingerprint density at radius 1 is 0.958 bits per heavy atom. The van der Waals surface area contributed by atoms with Crippen molar-refractivity contribution in [2.24, 2.45) is 0 Å². The second-order valence-electron chi connectivity index (χ2n) is 5.38. The molecule has 0 saturated heterocycles. The summed E-state index contributed by atoms with van der Waals surface area (Å²) < 4.78 is 1.81. The number of benzene rings is 2. The summed E-state index contributed by atoms with van der Waals surface area (Å²) in [6.07, 6.45) is 4.89. The van der Waals surface area contributed by atoms with Gasteiger partial charge >= 0.3 is 0 Å². The average molecular weight is 388 g/mol. The summed E-state index contributed by atoms with van der Waals surface area (Å²) in [4.78, 5) is 4.44. The van der Waals surface area contributed by atoms with Crippen molar-refractivity contribution in [2.75, 3.05) is 5.32 Å². The number of fused-ring (bicyclic) bond motifs is 1. The van der Waals surface area contributed by atoms with Crippen molar-refractivity contribution in [3.05, 3.63) is 78.8 Å². The van der Waals surface area contributed by atoms with Gasteiger partial charge in [0.1, 0.15) is 0 Å². The van der Waals surface area contributed by atoms with Crippen LogP contribution in [0.2, 0.25) is 0 Å². The Hall–Kier alpha value is -2.04. The Labute approximate surface area is 165 Å². The maximum absolute atomic E-state index is 4.44. The van der Waals surface area contributed by atoms with Gasteiger partial charge in [-0.2, -0.15) is 0 Å². The molecular formula is C19H15N4Y-. The van der Waals surface area contributed by atoms with E-state index >= 15 is 0 Å². The number of aromatic nitrogens is 3. The summed E-state index contributed by atoms with van der Waals surface area (Å²) in [6, 6.07) is 20.2. The molecule has 0 atom stereocenters. The summed E-state index contributed by atoms with van der Waals surface area (Å²) in [6.45, 7) is 2.01. The van der Waals surface area contributed by atoms with Crippen LogP contribution < -0.4 is 5.32 Å². The number of para-hydroxylation sites is 1. The quantitative estimate of drug-likeness (QED) is 0.534. The van der Waals surface area contributed by atoms with Crippen LogP contribution in [0.1, 0.15) is 5.69 Å². The van der Waals surface area contributed by atoms with Crippen molar-refractivity contribution in [2.45, 2.75) is 6.92 Å². The molecule has 0 unspecified atom stereocenters. The molecule has 5 heteroatoms. The van der Waals surface area contributed by atoms with Gasteiger partial charge < -0.3 is 10.3 Å². The van der Waals surface area contributed by atoms with Crippen LogP contribution in [0, 0.1) is 13.1 Å². The van der Waals surface area contributed by atoms with Crippen molar-refractivity contribution >= 4 is 17.0 Å². The zero-order valence-corrected chi connectivity index (χ0v) is 16.1. The Morgan fingerprint density at radius 3 is 2.58 bits per heavy atom. The normalized spacial score (nSPS) is 10.4. The maximum atomic E-state index is 4.44. The first kappa shape index (κ1) is 16.8. The molecule has 4 aromatic rings. The molecule has 0 aliphatic carbocycles. The van der Waals surface area contributed by atoms with E-state index in [1.807, 2.05) is 66.0 Å². The maximum Gasteiger partial charge on any atom is 0.0499 e. The van der Waals surface area contributed by atoms with Crippen LogP contribution in [-0.4, -0.2) is 14.6 Å². The topological polar surface area (TPSA) is 42.2 Å². The van der Waals surface area contributed by atoms with Crippen molar-refractivity contribution in [3.8, 4) is 11.1 Å². The molecule has 115 valence electrons. The third-order valence-electron chi connectivity index (χ3n) is 3.75. The van der Waals surface area contributed by atoms with Crippen molar-refractivity contribution in [3.63, 3.8) is 0 Å². The molecule has 1 radical (unpaired) electrons. The zero-order chi connectivity index (χ0) is 15.6. The molecule has 4 rings (SSSR count). The van der Waals surface area contributed by atoms with Gasteiger partial charge in [0.2, 0.25) is 0 Å². The van der Waals surface area contributed by atoms with E-state index in [0.717, 1.165) is 33.8 Å². The van der Waals surface area contributed by atoms with E-state index in [1.165, 1.54) is 0 Å². The van der Waals surface area contributed by atoms with Crippen LogP contribution in [0.4, 0.5) is 11.4 Å². The number of hydrogen-bond acceptors (Lipinski definition) is 3.